The minimum absolute atomic E-state index is 0.150. The van der Waals surface area contributed by atoms with Gasteiger partial charge in [0.15, 0.2) is 0 Å². The van der Waals surface area contributed by atoms with E-state index < -0.39 is 0 Å². The smallest absolute Gasteiger partial charge is 0.253 e. The lowest BCUT2D eigenvalue weighted by molar-refractivity contribution is 0.0954. The zero-order chi connectivity index (χ0) is 13.5. The van der Waals surface area contributed by atoms with Gasteiger partial charge >= 0.3 is 0 Å². The SMILES string of the molecule is Cc1cnccc1NCCNC(=O)c1ccnnc1. The third-order valence-electron chi connectivity index (χ3n) is 2.59. The molecule has 2 aromatic rings. The van der Waals surface area contributed by atoms with Crippen molar-refractivity contribution < 1.29 is 4.79 Å². The second-order valence-electron chi connectivity index (χ2n) is 4.00. The van der Waals surface area contributed by atoms with Crippen LogP contribution in [0.25, 0.3) is 0 Å². The predicted octanol–water partition coefficient (Wildman–Crippen LogP) is 1.02. The average molecular weight is 257 g/mol. The predicted molar refractivity (Wildman–Crippen MR) is 71.8 cm³/mol. The van der Waals surface area contributed by atoms with E-state index in [1.165, 1.54) is 12.4 Å². The van der Waals surface area contributed by atoms with Gasteiger partial charge in [-0.05, 0) is 24.6 Å². The Balaban J connectivity index is 1.76. The Kier molecular flexibility index (Phi) is 4.39. The summed E-state index contributed by atoms with van der Waals surface area (Å²) in [7, 11) is 0. The third-order valence-corrected chi connectivity index (χ3v) is 2.59. The molecular formula is C13H15N5O. The molecule has 0 aliphatic heterocycles. The van der Waals surface area contributed by atoms with Crippen molar-refractivity contribution in [1.82, 2.24) is 20.5 Å². The first-order chi connectivity index (χ1) is 9.27. The fourth-order valence-corrected chi connectivity index (χ4v) is 1.57. The standard InChI is InChI=1S/C13H15N5O/c1-10-8-14-4-3-12(10)15-6-7-16-13(19)11-2-5-17-18-9-11/h2-5,8-9H,6-7H2,1H3,(H,14,15)(H,16,19). The molecule has 2 rings (SSSR count). The van der Waals surface area contributed by atoms with Gasteiger partial charge in [0, 0.05) is 31.2 Å². The number of rotatable bonds is 5. The van der Waals surface area contributed by atoms with Gasteiger partial charge in [-0.2, -0.15) is 10.2 Å². The van der Waals surface area contributed by atoms with Gasteiger partial charge < -0.3 is 10.6 Å². The highest BCUT2D eigenvalue weighted by atomic mass is 16.1. The van der Waals surface area contributed by atoms with Crippen molar-refractivity contribution in [1.29, 1.82) is 0 Å². The summed E-state index contributed by atoms with van der Waals surface area (Å²) in [5.41, 5.74) is 2.61. The van der Waals surface area contributed by atoms with Crippen LogP contribution in [0.4, 0.5) is 5.69 Å². The molecule has 2 heterocycles. The molecule has 19 heavy (non-hydrogen) atoms. The Bertz CT molecular complexity index is 544. The Labute approximate surface area is 111 Å². The largest absolute Gasteiger partial charge is 0.383 e. The summed E-state index contributed by atoms with van der Waals surface area (Å²) >= 11 is 0. The van der Waals surface area contributed by atoms with Crippen LogP contribution in [-0.4, -0.2) is 34.2 Å². The molecule has 0 saturated carbocycles. The van der Waals surface area contributed by atoms with E-state index in [9.17, 15) is 4.79 Å². The highest BCUT2D eigenvalue weighted by Gasteiger charge is 2.04. The molecule has 1 amide bonds. The molecular weight excluding hydrogens is 242 g/mol. The maximum absolute atomic E-state index is 11.7. The number of anilines is 1. The van der Waals surface area contributed by atoms with Crippen LogP contribution in [0.2, 0.25) is 0 Å². The highest BCUT2D eigenvalue weighted by Crippen LogP contribution is 2.10. The Morgan fingerprint density at radius 1 is 1.16 bits per heavy atom. The van der Waals surface area contributed by atoms with Crippen LogP contribution in [0.3, 0.4) is 0 Å². The molecule has 0 bridgehead atoms. The lowest BCUT2D eigenvalue weighted by atomic mass is 10.2. The molecule has 6 heteroatoms. The van der Waals surface area contributed by atoms with E-state index in [-0.39, 0.29) is 5.91 Å². The second-order valence-corrected chi connectivity index (χ2v) is 4.00. The lowest BCUT2D eigenvalue weighted by Crippen LogP contribution is -2.28. The summed E-state index contributed by atoms with van der Waals surface area (Å²) < 4.78 is 0. The number of aryl methyl sites for hydroxylation is 1. The molecule has 0 aliphatic carbocycles. The summed E-state index contributed by atoms with van der Waals surface area (Å²) in [6.07, 6.45) is 6.46. The summed E-state index contributed by atoms with van der Waals surface area (Å²) in [4.78, 5) is 15.7. The van der Waals surface area contributed by atoms with Crippen LogP contribution in [-0.2, 0) is 0 Å². The van der Waals surface area contributed by atoms with E-state index in [2.05, 4.69) is 25.8 Å². The summed E-state index contributed by atoms with van der Waals surface area (Å²) in [5.74, 6) is -0.150. The molecule has 2 N–H and O–H groups in total. The number of hydrogen-bond donors (Lipinski definition) is 2. The van der Waals surface area contributed by atoms with Crippen molar-refractivity contribution in [2.75, 3.05) is 18.4 Å². The summed E-state index contributed by atoms with van der Waals surface area (Å²) in [6.45, 7) is 3.16. The van der Waals surface area contributed by atoms with Crippen LogP contribution >= 0.6 is 0 Å². The number of aromatic nitrogens is 3. The molecule has 0 saturated heterocycles. The minimum Gasteiger partial charge on any atom is -0.383 e. The number of pyridine rings is 1. The van der Waals surface area contributed by atoms with Crippen molar-refractivity contribution in [3.63, 3.8) is 0 Å². The van der Waals surface area contributed by atoms with Crippen molar-refractivity contribution in [3.05, 3.63) is 48.0 Å². The van der Waals surface area contributed by atoms with Crippen molar-refractivity contribution in [3.8, 4) is 0 Å². The van der Waals surface area contributed by atoms with Crippen LogP contribution < -0.4 is 10.6 Å². The molecule has 0 radical (unpaired) electrons. The molecule has 6 nitrogen and oxygen atoms in total. The molecule has 0 aromatic carbocycles. The van der Waals surface area contributed by atoms with Gasteiger partial charge in [-0.3, -0.25) is 9.78 Å². The van der Waals surface area contributed by atoms with Crippen molar-refractivity contribution in [2.45, 2.75) is 6.92 Å². The van der Waals surface area contributed by atoms with Gasteiger partial charge in [-0.25, -0.2) is 0 Å². The first-order valence-corrected chi connectivity index (χ1v) is 5.97. The minimum atomic E-state index is -0.150. The quantitative estimate of drug-likeness (QED) is 0.782. The van der Waals surface area contributed by atoms with Crippen molar-refractivity contribution in [2.24, 2.45) is 0 Å². The van der Waals surface area contributed by atoms with Gasteiger partial charge in [0.2, 0.25) is 0 Å². The zero-order valence-corrected chi connectivity index (χ0v) is 10.6. The van der Waals surface area contributed by atoms with E-state index in [4.69, 9.17) is 0 Å². The molecule has 0 spiro atoms. The number of nitrogens with one attached hydrogen (secondary N) is 2. The van der Waals surface area contributed by atoms with E-state index in [0.717, 1.165) is 11.3 Å². The van der Waals surface area contributed by atoms with Gasteiger partial charge in [0.1, 0.15) is 0 Å². The van der Waals surface area contributed by atoms with Crippen LogP contribution in [0.15, 0.2) is 36.9 Å². The first-order valence-electron chi connectivity index (χ1n) is 5.97. The zero-order valence-electron chi connectivity index (χ0n) is 10.6. The summed E-state index contributed by atoms with van der Waals surface area (Å²) in [6, 6.07) is 3.53. The molecule has 0 atom stereocenters. The van der Waals surface area contributed by atoms with Gasteiger partial charge in [-0.1, -0.05) is 0 Å². The van der Waals surface area contributed by atoms with Crippen LogP contribution in [0, 0.1) is 6.92 Å². The Morgan fingerprint density at radius 3 is 2.79 bits per heavy atom. The molecule has 98 valence electrons. The molecule has 0 fully saturated rings. The topological polar surface area (TPSA) is 79.8 Å². The average Bonchev–Trinajstić information content (AvgIpc) is 2.46. The maximum atomic E-state index is 11.7. The molecule has 2 aromatic heterocycles. The molecule has 0 aliphatic rings. The van der Waals surface area contributed by atoms with E-state index in [1.54, 1.807) is 18.5 Å². The van der Waals surface area contributed by atoms with Crippen LogP contribution in [0.1, 0.15) is 15.9 Å². The fraction of sp³-hybridized carbons (Fsp3) is 0.231. The van der Waals surface area contributed by atoms with E-state index in [1.807, 2.05) is 13.0 Å². The van der Waals surface area contributed by atoms with E-state index in [0.29, 0.717) is 18.7 Å². The first kappa shape index (κ1) is 12.9. The second kappa shape index (κ2) is 6.44. The monoisotopic (exact) mass is 257 g/mol. The number of hydrogen-bond acceptors (Lipinski definition) is 5. The Morgan fingerprint density at radius 2 is 2.05 bits per heavy atom. The third kappa shape index (κ3) is 3.74. The van der Waals surface area contributed by atoms with Gasteiger partial charge in [-0.15, -0.1) is 0 Å². The maximum Gasteiger partial charge on any atom is 0.253 e. The normalized spacial score (nSPS) is 9.95. The lowest BCUT2D eigenvalue weighted by Gasteiger charge is -2.09. The van der Waals surface area contributed by atoms with Gasteiger partial charge in [0.25, 0.3) is 5.91 Å². The molecule has 0 unspecified atom stereocenters. The van der Waals surface area contributed by atoms with Gasteiger partial charge in [0.05, 0.1) is 18.0 Å². The van der Waals surface area contributed by atoms with Crippen LogP contribution in [0.5, 0.6) is 0 Å². The Hall–Kier alpha value is -2.50. The van der Waals surface area contributed by atoms with E-state index >= 15 is 0 Å². The number of nitrogens with zero attached hydrogens (tertiary/aromatic N) is 3. The highest BCUT2D eigenvalue weighted by molar-refractivity contribution is 5.93. The fourth-order valence-electron chi connectivity index (χ4n) is 1.57. The number of carbonyl (C=O) groups is 1. The van der Waals surface area contributed by atoms with Crippen molar-refractivity contribution >= 4 is 11.6 Å². The number of carbonyl (C=O) groups excluding carboxylic acids is 1. The number of amides is 1. The summed E-state index contributed by atoms with van der Waals surface area (Å²) in [5, 5.41) is 13.3.